The Bertz CT molecular complexity index is 596. The van der Waals surface area contributed by atoms with Crippen LogP contribution in [-0.4, -0.2) is 39.3 Å². The van der Waals surface area contributed by atoms with Gasteiger partial charge in [0.15, 0.2) is 0 Å². The van der Waals surface area contributed by atoms with Gasteiger partial charge in [0, 0.05) is 6.54 Å². The Morgan fingerprint density at radius 2 is 2.21 bits per heavy atom. The number of hydrogen-bond acceptors (Lipinski definition) is 5. The van der Waals surface area contributed by atoms with Crippen LogP contribution in [0, 0.1) is 0 Å². The highest BCUT2D eigenvalue weighted by Gasteiger charge is 2.09. The zero-order chi connectivity index (χ0) is 13.7. The lowest BCUT2D eigenvalue weighted by Gasteiger charge is -2.12. The topological polar surface area (TPSA) is 80.0 Å². The molecule has 6 heteroatoms. The third-order valence-electron chi connectivity index (χ3n) is 2.82. The maximum Gasteiger partial charge on any atom is 0.277 e. The third-order valence-corrected chi connectivity index (χ3v) is 2.82. The first-order valence-electron chi connectivity index (χ1n) is 6.43. The second-order valence-corrected chi connectivity index (χ2v) is 4.45. The van der Waals surface area contributed by atoms with Crippen molar-refractivity contribution < 1.29 is 5.11 Å². The van der Waals surface area contributed by atoms with Crippen LogP contribution in [0.2, 0.25) is 0 Å². The first kappa shape index (κ1) is 13.6. The molecule has 0 spiro atoms. The molecule has 0 aliphatic heterocycles. The molecule has 1 atom stereocenters. The minimum Gasteiger partial charge on any atom is -0.390 e. The number of aliphatic hydroxyl groups is 1. The molecular formula is C13H18N4O2. The summed E-state index contributed by atoms with van der Waals surface area (Å²) in [5.74, 6) is 0. The first-order chi connectivity index (χ1) is 9.22. The zero-order valence-electron chi connectivity index (χ0n) is 10.9. The van der Waals surface area contributed by atoms with Crippen molar-refractivity contribution in [2.45, 2.75) is 26.0 Å². The highest BCUT2D eigenvalue weighted by molar-refractivity contribution is 5.76. The van der Waals surface area contributed by atoms with Gasteiger partial charge in [0.2, 0.25) is 0 Å². The first-order valence-corrected chi connectivity index (χ1v) is 6.43. The van der Waals surface area contributed by atoms with E-state index in [9.17, 15) is 9.90 Å². The van der Waals surface area contributed by atoms with Crippen LogP contribution in [0.15, 0.2) is 29.1 Å². The zero-order valence-corrected chi connectivity index (χ0v) is 10.9. The SMILES string of the molecule is CCCNCC(O)Cn1nnc2ccccc2c1=O. The average molecular weight is 262 g/mol. The van der Waals surface area contributed by atoms with Gasteiger partial charge in [-0.3, -0.25) is 4.79 Å². The number of aliphatic hydroxyl groups excluding tert-OH is 1. The van der Waals surface area contributed by atoms with Gasteiger partial charge in [-0.05, 0) is 25.1 Å². The van der Waals surface area contributed by atoms with Crippen LogP contribution >= 0.6 is 0 Å². The Morgan fingerprint density at radius 3 is 3.00 bits per heavy atom. The molecule has 1 heterocycles. The van der Waals surface area contributed by atoms with Crippen LogP contribution in [0.1, 0.15) is 13.3 Å². The Labute approximate surface area is 111 Å². The van der Waals surface area contributed by atoms with E-state index in [2.05, 4.69) is 22.6 Å². The summed E-state index contributed by atoms with van der Waals surface area (Å²) in [6, 6.07) is 7.05. The lowest BCUT2D eigenvalue weighted by molar-refractivity contribution is 0.144. The van der Waals surface area contributed by atoms with E-state index in [1.165, 1.54) is 4.68 Å². The molecule has 0 saturated heterocycles. The molecule has 1 unspecified atom stereocenters. The molecule has 1 aromatic heterocycles. The summed E-state index contributed by atoms with van der Waals surface area (Å²) in [4.78, 5) is 12.1. The lowest BCUT2D eigenvalue weighted by atomic mass is 10.2. The van der Waals surface area contributed by atoms with Gasteiger partial charge in [0.1, 0.15) is 5.52 Å². The average Bonchev–Trinajstić information content (AvgIpc) is 2.43. The molecule has 2 N–H and O–H groups in total. The van der Waals surface area contributed by atoms with Crippen LogP contribution in [0.3, 0.4) is 0 Å². The molecule has 2 rings (SSSR count). The van der Waals surface area contributed by atoms with Gasteiger partial charge >= 0.3 is 0 Å². The van der Waals surface area contributed by atoms with E-state index >= 15 is 0 Å². The van der Waals surface area contributed by atoms with Crippen LogP contribution in [0.5, 0.6) is 0 Å². The summed E-state index contributed by atoms with van der Waals surface area (Å²) in [7, 11) is 0. The van der Waals surface area contributed by atoms with Crippen molar-refractivity contribution in [3.8, 4) is 0 Å². The van der Waals surface area contributed by atoms with Gasteiger partial charge < -0.3 is 10.4 Å². The van der Waals surface area contributed by atoms with Gasteiger partial charge in [0.25, 0.3) is 5.56 Å². The van der Waals surface area contributed by atoms with Crippen molar-refractivity contribution in [1.29, 1.82) is 0 Å². The smallest absolute Gasteiger partial charge is 0.277 e. The molecule has 19 heavy (non-hydrogen) atoms. The van der Waals surface area contributed by atoms with E-state index in [1.807, 2.05) is 6.07 Å². The summed E-state index contributed by atoms with van der Waals surface area (Å²) in [6.45, 7) is 3.48. The lowest BCUT2D eigenvalue weighted by Crippen LogP contribution is -2.35. The number of hydrogen-bond donors (Lipinski definition) is 2. The van der Waals surface area contributed by atoms with Gasteiger partial charge in [-0.15, -0.1) is 5.10 Å². The minimum atomic E-state index is -0.653. The van der Waals surface area contributed by atoms with Gasteiger partial charge in [-0.25, -0.2) is 4.68 Å². The van der Waals surface area contributed by atoms with Gasteiger partial charge in [0.05, 0.1) is 18.0 Å². The molecule has 2 aromatic rings. The molecule has 6 nitrogen and oxygen atoms in total. The van der Waals surface area contributed by atoms with Crippen LogP contribution in [-0.2, 0) is 6.54 Å². The monoisotopic (exact) mass is 262 g/mol. The van der Waals surface area contributed by atoms with E-state index in [0.29, 0.717) is 17.4 Å². The second-order valence-electron chi connectivity index (χ2n) is 4.45. The normalized spacial score (nSPS) is 12.7. The summed E-state index contributed by atoms with van der Waals surface area (Å²) < 4.78 is 1.21. The molecule has 102 valence electrons. The standard InChI is InChI=1S/C13H18N4O2/c1-2-7-14-8-10(18)9-17-13(19)11-5-3-4-6-12(11)15-16-17/h3-6,10,14,18H,2,7-9H2,1H3. The maximum atomic E-state index is 12.1. The molecule has 0 fully saturated rings. The highest BCUT2D eigenvalue weighted by Crippen LogP contribution is 2.03. The largest absolute Gasteiger partial charge is 0.390 e. The Hall–Kier alpha value is -1.79. The Balaban J connectivity index is 2.13. The van der Waals surface area contributed by atoms with Crippen LogP contribution in [0.25, 0.3) is 10.9 Å². The van der Waals surface area contributed by atoms with Gasteiger partial charge in [-0.2, -0.15) is 0 Å². The summed E-state index contributed by atoms with van der Waals surface area (Å²) in [6.07, 6.45) is 0.349. The minimum absolute atomic E-state index is 0.146. The maximum absolute atomic E-state index is 12.1. The highest BCUT2D eigenvalue weighted by atomic mass is 16.3. The van der Waals surface area contributed by atoms with Crippen LogP contribution < -0.4 is 10.9 Å². The van der Waals surface area contributed by atoms with Crippen molar-refractivity contribution in [1.82, 2.24) is 20.3 Å². The van der Waals surface area contributed by atoms with Crippen LogP contribution in [0.4, 0.5) is 0 Å². The molecule has 0 bridgehead atoms. The fourth-order valence-electron chi connectivity index (χ4n) is 1.85. The summed E-state index contributed by atoms with van der Waals surface area (Å²) in [5.41, 5.74) is 0.350. The van der Waals surface area contributed by atoms with E-state index in [-0.39, 0.29) is 12.1 Å². The number of rotatable bonds is 6. The fraction of sp³-hybridized carbons (Fsp3) is 0.462. The van der Waals surface area contributed by atoms with E-state index in [0.717, 1.165) is 13.0 Å². The molecule has 0 aliphatic rings. The van der Waals surface area contributed by atoms with E-state index < -0.39 is 6.10 Å². The number of fused-ring (bicyclic) bond motifs is 1. The van der Waals surface area contributed by atoms with Crippen molar-refractivity contribution >= 4 is 10.9 Å². The predicted octanol–water partition coefficient (Wildman–Crippen LogP) is 0.152. The Morgan fingerprint density at radius 1 is 1.42 bits per heavy atom. The molecule has 1 aromatic carbocycles. The van der Waals surface area contributed by atoms with E-state index in [4.69, 9.17) is 0 Å². The Kier molecular flexibility index (Phi) is 4.59. The van der Waals surface area contributed by atoms with Crippen molar-refractivity contribution in [2.75, 3.05) is 13.1 Å². The van der Waals surface area contributed by atoms with Crippen molar-refractivity contribution in [2.24, 2.45) is 0 Å². The van der Waals surface area contributed by atoms with E-state index in [1.54, 1.807) is 18.2 Å². The molecule has 0 radical (unpaired) electrons. The quantitative estimate of drug-likeness (QED) is 0.724. The number of nitrogens with one attached hydrogen (secondary N) is 1. The fourth-order valence-corrected chi connectivity index (χ4v) is 1.85. The molecular weight excluding hydrogens is 244 g/mol. The summed E-state index contributed by atoms with van der Waals surface area (Å²) in [5, 5.41) is 21.3. The predicted molar refractivity (Wildman–Crippen MR) is 73.0 cm³/mol. The van der Waals surface area contributed by atoms with Crippen molar-refractivity contribution in [3.63, 3.8) is 0 Å². The number of nitrogens with zero attached hydrogens (tertiary/aromatic N) is 3. The molecule has 0 amide bonds. The number of benzene rings is 1. The summed E-state index contributed by atoms with van der Waals surface area (Å²) >= 11 is 0. The molecule has 0 aliphatic carbocycles. The van der Waals surface area contributed by atoms with Gasteiger partial charge in [-0.1, -0.05) is 24.3 Å². The number of aromatic nitrogens is 3. The molecule has 0 saturated carbocycles. The second kappa shape index (κ2) is 6.40. The third kappa shape index (κ3) is 3.36. The van der Waals surface area contributed by atoms with Crippen molar-refractivity contribution in [3.05, 3.63) is 34.6 Å².